The van der Waals surface area contributed by atoms with Gasteiger partial charge in [0.25, 0.3) is 11.8 Å². The molecule has 3 N–H and O–H groups in total. The molecule has 170 valence electrons. The first-order chi connectivity index (χ1) is 15.6. The molecule has 0 bridgehead atoms. The third-order valence-electron chi connectivity index (χ3n) is 5.67. The fourth-order valence-corrected chi connectivity index (χ4v) is 4.75. The number of carbonyl (C=O) groups is 3. The average molecular weight is 454 g/mol. The van der Waals surface area contributed by atoms with E-state index in [1.807, 2.05) is 24.3 Å². The van der Waals surface area contributed by atoms with Crippen LogP contribution in [-0.4, -0.2) is 37.1 Å². The van der Waals surface area contributed by atoms with Gasteiger partial charge in [-0.15, -0.1) is 11.8 Å². The Bertz CT molecular complexity index is 942. The predicted molar refractivity (Wildman–Crippen MR) is 128 cm³/mol. The molecule has 1 aliphatic rings. The second-order valence-electron chi connectivity index (χ2n) is 8.06. The van der Waals surface area contributed by atoms with Crippen LogP contribution in [0.2, 0.25) is 0 Å². The lowest BCUT2D eigenvalue weighted by Crippen LogP contribution is -2.31. The Labute approximate surface area is 193 Å². The molecule has 7 heteroatoms. The summed E-state index contributed by atoms with van der Waals surface area (Å²) in [7, 11) is 1.58. The first kappa shape index (κ1) is 23.9. The van der Waals surface area contributed by atoms with Crippen molar-refractivity contribution in [2.45, 2.75) is 43.5 Å². The van der Waals surface area contributed by atoms with Gasteiger partial charge >= 0.3 is 0 Å². The van der Waals surface area contributed by atoms with Crippen molar-refractivity contribution in [1.82, 2.24) is 16.0 Å². The Kier molecular flexibility index (Phi) is 9.16. The summed E-state index contributed by atoms with van der Waals surface area (Å²) in [6.07, 6.45) is 6.21. The maximum atomic E-state index is 12.8. The average Bonchev–Trinajstić information content (AvgIpc) is 2.85. The zero-order valence-electron chi connectivity index (χ0n) is 18.5. The molecule has 0 unspecified atom stereocenters. The standard InChI is InChI=1S/C25H31N3O3S/c1-26-24(30)20-11-7-10-19(14-20)16-28-25(31)21-12-5-6-13-22(21)32-17-23(29)27-15-18-8-3-2-4-9-18/h5-7,10-14,18H,2-4,8-9,15-17H2,1H3,(H,26,30)(H,27,29)(H,28,31). The fraction of sp³-hybridized carbons (Fsp3) is 0.400. The summed E-state index contributed by atoms with van der Waals surface area (Å²) in [6, 6.07) is 14.5. The number of carbonyl (C=O) groups excluding carboxylic acids is 3. The van der Waals surface area contributed by atoms with Gasteiger partial charge < -0.3 is 16.0 Å². The van der Waals surface area contributed by atoms with Gasteiger partial charge in [-0.2, -0.15) is 0 Å². The number of hydrogen-bond acceptors (Lipinski definition) is 4. The van der Waals surface area contributed by atoms with Gasteiger partial charge in [0.05, 0.1) is 11.3 Å². The van der Waals surface area contributed by atoms with Crippen LogP contribution in [-0.2, 0) is 11.3 Å². The summed E-state index contributed by atoms with van der Waals surface area (Å²) in [5.74, 6) is 0.507. The van der Waals surface area contributed by atoms with E-state index >= 15 is 0 Å². The van der Waals surface area contributed by atoms with E-state index in [2.05, 4.69) is 16.0 Å². The molecule has 0 spiro atoms. The largest absolute Gasteiger partial charge is 0.355 e. The summed E-state index contributed by atoms with van der Waals surface area (Å²) in [6.45, 7) is 1.06. The lowest BCUT2D eigenvalue weighted by atomic mass is 9.89. The quantitative estimate of drug-likeness (QED) is 0.505. The van der Waals surface area contributed by atoms with Gasteiger partial charge in [0.1, 0.15) is 0 Å². The Balaban J connectivity index is 1.52. The van der Waals surface area contributed by atoms with Crippen LogP contribution in [0.1, 0.15) is 58.4 Å². The molecule has 0 saturated heterocycles. The van der Waals surface area contributed by atoms with Crippen molar-refractivity contribution < 1.29 is 14.4 Å². The van der Waals surface area contributed by atoms with Crippen LogP contribution in [0.25, 0.3) is 0 Å². The molecule has 0 radical (unpaired) electrons. The normalized spacial score (nSPS) is 13.9. The van der Waals surface area contributed by atoms with Crippen LogP contribution in [0.15, 0.2) is 53.4 Å². The Hall–Kier alpha value is -2.80. The van der Waals surface area contributed by atoms with Crippen LogP contribution in [0, 0.1) is 5.92 Å². The molecule has 2 aromatic carbocycles. The Morgan fingerprint density at radius 3 is 2.50 bits per heavy atom. The van der Waals surface area contributed by atoms with E-state index < -0.39 is 0 Å². The second-order valence-corrected chi connectivity index (χ2v) is 9.07. The summed E-state index contributed by atoms with van der Waals surface area (Å²) in [4.78, 5) is 37.7. The van der Waals surface area contributed by atoms with E-state index in [0.29, 0.717) is 23.6 Å². The Morgan fingerprint density at radius 1 is 0.938 bits per heavy atom. The van der Waals surface area contributed by atoms with Crippen LogP contribution in [0.4, 0.5) is 0 Å². The third kappa shape index (κ3) is 7.12. The molecular weight excluding hydrogens is 422 g/mol. The molecular formula is C25H31N3O3S. The molecule has 0 atom stereocenters. The molecule has 3 amide bonds. The molecule has 0 heterocycles. The number of amides is 3. The van der Waals surface area contributed by atoms with Crippen molar-refractivity contribution in [3.05, 3.63) is 65.2 Å². The van der Waals surface area contributed by atoms with E-state index in [1.54, 1.807) is 31.3 Å². The predicted octanol–water partition coefficient (Wildman–Crippen LogP) is 3.76. The molecule has 1 aliphatic carbocycles. The highest BCUT2D eigenvalue weighted by molar-refractivity contribution is 8.00. The van der Waals surface area contributed by atoms with E-state index in [4.69, 9.17) is 0 Å². The zero-order chi connectivity index (χ0) is 22.8. The van der Waals surface area contributed by atoms with Gasteiger partial charge in [0, 0.05) is 30.6 Å². The molecule has 1 saturated carbocycles. The van der Waals surface area contributed by atoms with Gasteiger partial charge in [-0.05, 0) is 48.6 Å². The van der Waals surface area contributed by atoms with Crippen molar-refractivity contribution in [3.8, 4) is 0 Å². The van der Waals surface area contributed by atoms with Crippen LogP contribution in [0.3, 0.4) is 0 Å². The summed E-state index contributed by atoms with van der Waals surface area (Å²) in [5.41, 5.74) is 1.93. The van der Waals surface area contributed by atoms with Gasteiger partial charge in [-0.25, -0.2) is 0 Å². The van der Waals surface area contributed by atoms with Crippen molar-refractivity contribution in [3.63, 3.8) is 0 Å². The van der Waals surface area contributed by atoms with Crippen molar-refractivity contribution in [2.24, 2.45) is 5.92 Å². The lowest BCUT2D eigenvalue weighted by molar-refractivity contribution is -0.118. The zero-order valence-corrected chi connectivity index (χ0v) is 19.3. The molecule has 0 aromatic heterocycles. The molecule has 1 fully saturated rings. The topological polar surface area (TPSA) is 87.3 Å². The lowest BCUT2D eigenvalue weighted by Gasteiger charge is -2.21. The van der Waals surface area contributed by atoms with Crippen LogP contribution in [0.5, 0.6) is 0 Å². The smallest absolute Gasteiger partial charge is 0.252 e. The number of rotatable bonds is 9. The SMILES string of the molecule is CNC(=O)c1cccc(CNC(=O)c2ccccc2SCC(=O)NCC2CCCCC2)c1. The van der Waals surface area contributed by atoms with Crippen molar-refractivity contribution in [1.29, 1.82) is 0 Å². The molecule has 3 rings (SSSR count). The second kappa shape index (κ2) is 12.3. The maximum absolute atomic E-state index is 12.8. The fourth-order valence-electron chi connectivity index (χ4n) is 3.87. The highest BCUT2D eigenvalue weighted by Gasteiger charge is 2.16. The number of hydrogen-bond donors (Lipinski definition) is 3. The van der Waals surface area contributed by atoms with E-state index in [-0.39, 0.29) is 23.5 Å². The van der Waals surface area contributed by atoms with Gasteiger partial charge in [-0.1, -0.05) is 43.5 Å². The van der Waals surface area contributed by atoms with E-state index in [9.17, 15) is 14.4 Å². The van der Waals surface area contributed by atoms with E-state index in [1.165, 1.54) is 43.9 Å². The highest BCUT2D eigenvalue weighted by Crippen LogP contribution is 2.24. The summed E-state index contributed by atoms with van der Waals surface area (Å²) < 4.78 is 0. The van der Waals surface area contributed by atoms with Gasteiger partial charge in [-0.3, -0.25) is 14.4 Å². The number of nitrogens with one attached hydrogen (secondary N) is 3. The van der Waals surface area contributed by atoms with Gasteiger partial charge in [0.15, 0.2) is 0 Å². The van der Waals surface area contributed by atoms with Crippen LogP contribution < -0.4 is 16.0 Å². The molecule has 0 aliphatic heterocycles. The third-order valence-corrected chi connectivity index (χ3v) is 6.75. The monoisotopic (exact) mass is 453 g/mol. The minimum atomic E-state index is -0.207. The Morgan fingerprint density at radius 2 is 1.72 bits per heavy atom. The van der Waals surface area contributed by atoms with Gasteiger partial charge in [0.2, 0.25) is 5.91 Å². The first-order valence-corrected chi connectivity index (χ1v) is 12.1. The molecule has 2 aromatic rings. The molecule has 32 heavy (non-hydrogen) atoms. The maximum Gasteiger partial charge on any atom is 0.252 e. The van der Waals surface area contributed by atoms with Crippen LogP contribution >= 0.6 is 11.8 Å². The van der Waals surface area contributed by atoms with Crippen molar-refractivity contribution >= 4 is 29.5 Å². The summed E-state index contributed by atoms with van der Waals surface area (Å²) in [5, 5.41) is 8.55. The summed E-state index contributed by atoms with van der Waals surface area (Å²) >= 11 is 1.38. The van der Waals surface area contributed by atoms with Crippen molar-refractivity contribution in [2.75, 3.05) is 19.3 Å². The molecule has 6 nitrogen and oxygen atoms in total. The number of thioether (sulfide) groups is 1. The van der Waals surface area contributed by atoms with E-state index in [0.717, 1.165) is 17.0 Å². The highest BCUT2D eigenvalue weighted by atomic mass is 32.2. The number of benzene rings is 2. The first-order valence-electron chi connectivity index (χ1n) is 11.1. The minimum Gasteiger partial charge on any atom is -0.355 e. The minimum absolute atomic E-state index is 0.00167.